The van der Waals surface area contributed by atoms with Crippen molar-refractivity contribution in [2.75, 3.05) is 0 Å². The zero-order valence-corrected chi connectivity index (χ0v) is 8.29. The van der Waals surface area contributed by atoms with E-state index in [1.54, 1.807) is 0 Å². The molecule has 0 aliphatic rings. The van der Waals surface area contributed by atoms with Gasteiger partial charge in [-0.25, -0.2) is 0 Å². The summed E-state index contributed by atoms with van der Waals surface area (Å²) < 4.78 is -1.00. The van der Waals surface area contributed by atoms with E-state index in [1.807, 2.05) is 0 Å². The van der Waals surface area contributed by atoms with Crippen molar-refractivity contribution in [1.82, 2.24) is 0 Å². The molecule has 4 nitrogen and oxygen atoms in total. The second kappa shape index (κ2) is 4.51. The first-order valence-electron chi connectivity index (χ1n) is 1.89. The van der Waals surface area contributed by atoms with Gasteiger partial charge in [0.2, 0.25) is 39.1 Å². The molecule has 0 amide bonds. The molecule has 0 heterocycles. The second-order valence-electron chi connectivity index (χ2n) is 1.20. The Morgan fingerprint density at radius 3 is 0.889 bits per heavy atom. The lowest BCUT2D eigenvalue weighted by molar-refractivity contribution is 0.530. The van der Waals surface area contributed by atoms with E-state index in [4.69, 9.17) is 19.2 Å². The Hall–Kier alpha value is 0.708. The minimum Gasteiger partial charge on any atom is -0.432 e. The summed E-state index contributed by atoms with van der Waals surface area (Å²) in [6.07, 6.45) is 0. The van der Waals surface area contributed by atoms with Gasteiger partial charge in [0.15, 0.2) is 0 Å². The molecule has 9 heavy (non-hydrogen) atoms. The Labute approximate surface area is 62.7 Å². The van der Waals surface area contributed by atoms with Crippen LogP contribution in [0, 0.1) is 0 Å². The summed E-state index contributed by atoms with van der Waals surface area (Å²) in [4.78, 5) is 34.2. The van der Waals surface area contributed by atoms with Gasteiger partial charge >= 0.3 is 0 Å². The predicted molar refractivity (Wildman–Crippen MR) is 34.6 cm³/mol. The van der Waals surface area contributed by atoms with Crippen LogP contribution in [0.15, 0.2) is 0 Å². The van der Waals surface area contributed by atoms with Crippen LogP contribution in [0.3, 0.4) is 0 Å². The molecule has 0 aromatic rings. The molecule has 0 aromatic heterocycles. The van der Waals surface area contributed by atoms with Crippen molar-refractivity contribution in [1.29, 1.82) is 0 Å². The van der Waals surface area contributed by atoms with E-state index in [-0.39, 0.29) is 0 Å². The van der Waals surface area contributed by atoms with Crippen LogP contribution >= 0.6 is 0 Å². The first-order chi connectivity index (χ1) is 4.24. The molecule has 0 bridgehead atoms. The maximum atomic E-state index is 8.55. The Morgan fingerprint density at radius 1 is 0.667 bits per heavy atom. The Bertz CT molecular complexity index is 55.5. The zero-order chi connectivity index (χ0) is 7.33. The van der Waals surface area contributed by atoms with E-state index < -0.39 is 43.0 Å². The van der Waals surface area contributed by atoms with Gasteiger partial charge in [-0.15, -0.1) is 0 Å². The average Bonchev–Trinajstić information content (AvgIpc) is 1.95. The molecule has 0 aliphatic heterocycles. The van der Waals surface area contributed by atoms with Gasteiger partial charge in [0, 0.05) is 3.91 Å². The van der Waals surface area contributed by atoms with E-state index in [9.17, 15) is 0 Å². The first-order valence-corrected chi connectivity index (χ1v) is 5.68. The lowest BCUT2D eigenvalue weighted by atomic mass is 11.8. The van der Waals surface area contributed by atoms with Gasteiger partial charge in [0.1, 0.15) is 0 Å². The highest BCUT2D eigenvalue weighted by atomic mass is 28.4. The third-order valence-electron chi connectivity index (χ3n) is 0.671. The monoisotopic (exact) mass is 192 g/mol. The fourth-order valence-electron chi connectivity index (χ4n) is 0.150. The van der Waals surface area contributed by atoms with Crippen LogP contribution in [0.2, 0.25) is 3.91 Å². The fourth-order valence-corrected chi connectivity index (χ4v) is 1.35. The fraction of sp³-hybridized carbons (Fsp3) is 1.00. The summed E-state index contributed by atoms with van der Waals surface area (Å²) >= 11 is 0. The van der Waals surface area contributed by atoms with Gasteiger partial charge in [-0.3, -0.25) is 0 Å². The highest BCUT2D eigenvalue weighted by molar-refractivity contribution is 6.88. The average molecular weight is 192 g/mol. The van der Waals surface area contributed by atoms with Gasteiger partial charge in [0.25, 0.3) is 0 Å². The summed E-state index contributed by atoms with van der Waals surface area (Å²) in [5.74, 6) is 0. The van der Waals surface area contributed by atoms with Gasteiger partial charge in [-0.1, -0.05) is 0 Å². The lowest BCUT2D eigenvalue weighted by Gasteiger charge is -2.16. The normalized spacial score (nSPS) is 12.0. The predicted octanol–water partition coefficient (Wildman–Crippen LogP) is -3.54. The molecule has 0 aromatic carbocycles. The molecule has 0 spiro atoms. The summed E-state index contributed by atoms with van der Waals surface area (Å²) in [7, 11) is -2.37. The van der Waals surface area contributed by atoms with E-state index in [1.165, 1.54) is 0 Å². The molecule has 0 fully saturated rings. The molecule has 0 atom stereocenters. The zero-order valence-electron chi connectivity index (χ0n) is 4.29. The van der Waals surface area contributed by atoms with E-state index in [2.05, 4.69) is 0 Å². The molecule has 0 saturated carbocycles. The molecular weight excluding hydrogens is 188 g/mol. The Kier molecular flexibility index (Phi) is 4.87. The van der Waals surface area contributed by atoms with Gasteiger partial charge < -0.3 is 19.2 Å². The van der Waals surface area contributed by atoms with Crippen molar-refractivity contribution in [2.45, 2.75) is 3.91 Å². The van der Waals surface area contributed by atoms with Crippen molar-refractivity contribution >= 4 is 39.1 Å². The highest BCUT2D eigenvalue weighted by Gasteiger charge is 2.34. The molecule has 4 N–H and O–H groups in total. The minimum absolute atomic E-state index is 0.594. The van der Waals surface area contributed by atoms with Gasteiger partial charge in [0.05, 0.1) is 0 Å². The summed E-state index contributed by atoms with van der Waals surface area (Å²) in [5.41, 5.74) is 0. The van der Waals surface area contributed by atoms with Crippen LogP contribution in [0.5, 0.6) is 0 Å². The van der Waals surface area contributed by atoms with Gasteiger partial charge in [-0.2, -0.15) is 0 Å². The summed E-state index contributed by atoms with van der Waals surface area (Å²) in [6, 6.07) is 0. The quantitative estimate of drug-likeness (QED) is 0.348. The number of hydrogen-bond donors (Lipinski definition) is 4. The van der Waals surface area contributed by atoms with Crippen LogP contribution in [-0.4, -0.2) is 58.2 Å². The van der Waals surface area contributed by atoms with E-state index in [0.717, 1.165) is 0 Å². The molecule has 8 heteroatoms. The van der Waals surface area contributed by atoms with Crippen LogP contribution in [0.25, 0.3) is 0 Å². The SMILES string of the molecule is O[Si]C([Si]O)([Si]O)[Si]O. The van der Waals surface area contributed by atoms with Gasteiger partial charge in [-0.05, 0) is 0 Å². The Balaban J connectivity index is 3.82. The summed E-state index contributed by atoms with van der Waals surface area (Å²) in [6.45, 7) is 0. The molecule has 8 radical (unpaired) electrons. The number of hydrogen-bond acceptors (Lipinski definition) is 4. The maximum Gasteiger partial charge on any atom is 0.228 e. The number of rotatable bonds is 4. The lowest BCUT2D eigenvalue weighted by Crippen LogP contribution is -2.39. The van der Waals surface area contributed by atoms with Crippen molar-refractivity contribution < 1.29 is 19.2 Å². The molecule has 0 rings (SSSR count). The van der Waals surface area contributed by atoms with Crippen molar-refractivity contribution in [3.8, 4) is 0 Å². The molecule has 48 valence electrons. The topological polar surface area (TPSA) is 80.9 Å². The molecule has 0 aliphatic carbocycles. The van der Waals surface area contributed by atoms with Crippen LogP contribution in [0.4, 0.5) is 0 Å². The van der Waals surface area contributed by atoms with E-state index >= 15 is 0 Å². The van der Waals surface area contributed by atoms with E-state index in [0.29, 0.717) is 0 Å². The third-order valence-corrected chi connectivity index (χ3v) is 6.04. The van der Waals surface area contributed by atoms with Crippen LogP contribution in [0.1, 0.15) is 0 Å². The minimum atomic E-state index is -1.00. The largest absolute Gasteiger partial charge is 0.432 e. The van der Waals surface area contributed by atoms with Crippen LogP contribution < -0.4 is 0 Å². The summed E-state index contributed by atoms with van der Waals surface area (Å²) in [5, 5.41) is 0. The third kappa shape index (κ3) is 2.43. The van der Waals surface area contributed by atoms with Crippen molar-refractivity contribution in [3.63, 3.8) is 0 Å². The van der Waals surface area contributed by atoms with Crippen molar-refractivity contribution in [3.05, 3.63) is 0 Å². The standard InChI is InChI=1S/CH4O4Si4/c2-6-1(7-3,8-4)9-5/h2-5H. The highest BCUT2D eigenvalue weighted by Crippen LogP contribution is 2.13. The van der Waals surface area contributed by atoms with Crippen molar-refractivity contribution in [2.24, 2.45) is 0 Å². The first kappa shape index (κ1) is 9.71. The second-order valence-corrected chi connectivity index (χ2v) is 8.09. The molecule has 0 unspecified atom stereocenters. The molecule has 0 saturated heterocycles. The maximum absolute atomic E-state index is 8.55. The smallest absolute Gasteiger partial charge is 0.228 e. The van der Waals surface area contributed by atoms with Crippen LogP contribution in [-0.2, 0) is 0 Å². The molecular formula is CH4O4Si4. The Morgan fingerprint density at radius 2 is 0.889 bits per heavy atom.